The van der Waals surface area contributed by atoms with Crippen molar-refractivity contribution in [3.05, 3.63) is 92.4 Å². The van der Waals surface area contributed by atoms with E-state index in [2.05, 4.69) is 5.32 Å². The van der Waals surface area contributed by atoms with Crippen LogP contribution in [0.3, 0.4) is 0 Å². The summed E-state index contributed by atoms with van der Waals surface area (Å²) in [6.45, 7) is 3.60. The van der Waals surface area contributed by atoms with Gasteiger partial charge in [0.05, 0.1) is 10.6 Å². The van der Waals surface area contributed by atoms with E-state index in [0.717, 1.165) is 17.1 Å². The molecule has 0 aliphatic rings. The van der Waals surface area contributed by atoms with E-state index in [1.165, 1.54) is 35.2 Å². The highest BCUT2D eigenvalue weighted by Crippen LogP contribution is 2.28. The van der Waals surface area contributed by atoms with Crippen molar-refractivity contribution in [3.63, 3.8) is 0 Å². The van der Waals surface area contributed by atoms with Gasteiger partial charge in [-0.2, -0.15) is 0 Å². The summed E-state index contributed by atoms with van der Waals surface area (Å²) in [6.07, 6.45) is 1.95. The molecular weight excluding hydrogens is 628 g/mol. The second-order valence-corrected chi connectivity index (χ2v) is 12.9. The molecule has 0 aliphatic heterocycles. The molecule has 0 saturated carbocycles. The molecule has 0 aliphatic carbocycles. The van der Waals surface area contributed by atoms with Gasteiger partial charge in [0.1, 0.15) is 12.6 Å². The van der Waals surface area contributed by atoms with Gasteiger partial charge in [-0.3, -0.25) is 13.9 Å². The monoisotopic (exact) mass is 657 g/mol. The predicted molar refractivity (Wildman–Crippen MR) is 166 cm³/mol. The number of anilines is 1. The van der Waals surface area contributed by atoms with Gasteiger partial charge in [-0.25, -0.2) is 8.42 Å². The summed E-state index contributed by atoms with van der Waals surface area (Å²) < 4.78 is 28.7. The maximum absolute atomic E-state index is 14.1. The fourth-order valence-electron chi connectivity index (χ4n) is 4.15. The van der Waals surface area contributed by atoms with E-state index in [4.69, 9.17) is 46.4 Å². The van der Waals surface area contributed by atoms with E-state index in [9.17, 15) is 18.0 Å². The molecule has 0 fully saturated rings. The van der Waals surface area contributed by atoms with Crippen LogP contribution in [0.15, 0.2) is 71.6 Å². The van der Waals surface area contributed by atoms with Gasteiger partial charge >= 0.3 is 0 Å². The van der Waals surface area contributed by atoms with Gasteiger partial charge in [-0.1, -0.05) is 78.8 Å². The second kappa shape index (κ2) is 15.1. The Kier molecular flexibility index (Phi) is 12.2. The van der Waals surface area contributed by atoms with E-state index in [-0.39, 0.29) is 34.5 Å². The maximum atomic E-state index is 14.1. The number of hydrogen-bond acceptors (Lipinski definition) is 4. The average molecular weight is 659 g/mol. The Morgan fingerprint density at radius 3 is 2.15 bits per heavy atom. The summed E-state index contributed by atoms with van der Waals surface area (Å²) >= 11 is 24.7. The molecule has 0 aromatic heterocycles. The Morgan fingerprint density at radius 1 is 0.878 bits per heavy atom. The SMILES string of the molecule is CCCCNC(=O)C(CC)N(Cc1ccc(Cl)cc1Cl)C(=O)CN(c1cccc(Cl)c1)S(=O)(=O)c1ccc(Cl)cc1. The maximum Gasteiger partial charge on any atom is 0.264 e. The molecule has 3 aromatic carbocycles. The first-order valence-corrected chi connectivity index (χ1v) is 16.0. The molecule has 0 spiro atoms. The van der Waals surface area contributed by atoms with Crippen LogP contribution in [0.2, 0.25) is 20.1 Å². The minimum absolute atomic E-state index is 0.0427. The number of halogens is 4. The lowest BCUT2D eigenvalue weighted by Crippen LogP contribution is -2.52. The lowest BCUT2D eigenvalue weighted by molar-refractivity contribution is -0.140. The zero-order valence-corrected chi connectivity index (χ0v) is 26.5. The Morgan fingerprint density at radius 2 is 1.54 bits per heavy atom. The number of sulfonamides is 1. The van der Waals surface area contributed by atoms with Crippen molar-refractivity contribution < 1.29 is 18.0 Å². The van der Waals surface area contributed by atoms with Crippen molar-refractivity contribution in [1.29, 1.82) is 0 Å². The number of amides is 2. The molecule has 12 heteroatoms. The smallest absolute Gasteiger partial charge is 0.264 e. The zero-order valence-electron chi connectivity index (χ0n) is 22.6. The third-order valence-electron chi connectivity index (χ3n) is 6.35. The van der Waals surface area contributed by atoms with Crippen molar-refractivity contribution in [2.45, 2.75) is 50.6 Å². The fourth-order valence-corrected chi connectivity index (χ4v) is 6.34. The van der Waals surface area contributed by atoms with Gasteiger partial charge in [-0.05, 0) is 73.0 Å². The molecule has 220 valence electrons. The molecule has 1 unspecified atom stereocenters. The van der Waals surface area contributed by atoms with Gasteiger partial charge in [-0.15, -0.1) is 0 Å². The molecule has 2 amide bonds. The van der Waals surface area contributed by atoms with Crippen molar-refractivity contribution in [3.8, 4) is 0 Å². The van der Waals surface area contributed by atoms with Crippen LogP contribution < -0.4 is 9.62 Å². The summed E-state index contributed by atoms with van der Waals surface area (Å²) in [5.74, 6) is -0.944. The third kappa shape index (κ3) is 8.75. The summed E-state index contributed by atoms with van der Waals surface area (Å²) in [4.78, 5) is 28.6. The van der Waals surface area contributed by atoms with Crippen LogP contribution in [-0.2, 0) is 26.2 Å². The first kappa shape index (κ1) is 33.0. The van der Waals surface area contributed by atoms with Crippen LogP contribution in [0.25, 0.3) is 0 Å². The summed E-state index contributed by atoms with van der Waals surface area (Å²) in [5, 5.41) is 4.27. The number of carbonyl (C=O) groups excluding carboxylic acids is 2. The standard InChI is InChI=1S/C29H31Cl4N3O4S/c1-3-5-15-34-29(38)27(4-2)35(18-20-9-10-23(32)17-26(20)33)28(37)19-36(24-8-6-7-22(31)16-24)41(39,40)25-13-11-21(30)12-14-25/h6-14,16-17,27H,3-5,15,18-19H2,1-2H3,(H,34,38). The van der Waals surface area contributed by atoms with Gasteiger partial charge in [0.15, 0.2) is 0 Å². The van der Waals surface area contributed by atoms with Crippen LogP contribution in [-0.4, -0.2) is 44.3 Å². The molecule has 3 rings (SSSR count). The van der Waals surface area contributed by atoms with Crippen LogP contribution in [0.1, 0.15) is 38.7 Å². The average Bonchev–Trinajstić information content (AvgIpc) is 2.93. The predicted octanol–water partition coefficient (Wildman–Crippen LogP) is 7.22. The molecule has 1 N–H and O–H groups in total. The summed E-state index contributed by atoms with van der Waals surface area (Å²) in [7, 11) is -4.25. The number of carbonyl (C=O) groups is 2. The van der Waals surface area contributed by atoms with Crippen LogP contribution in [0.5, 0.6) is 0 Å². The van der Waals surface area contributed by atoms with Crippen molar-refractivity contribution in [1.82, 2.24) is 10.2 Å². The van der Waals surface area contributed by atoms with E-state index in [0.29, 0.717) is 27.2 Å². The van der Waals surface area contributed by atoms with E-state index >= 15 is 0 Å². The Labute approximate surface area is 261 Å². The highest BCUT2D eigenvalue weighted by Gasteiger charge is 2.34. The Hall–Kier alpha value is -2.49. The second-order valence-electron chi connectivity index (χ2n) is 9.27. The first-order valence-electron chi connectivity index (χ1n) is 13.0. The normalized spacial score (nSPS) is 12.0. The van der Waals surface area contributed by atoms with Crippen LogP contribution in [0.4, 0.5) is 5.69 Å². The number of rotatable bonds is 13. The van der Waals surface area contributed by atoms with E-state index < -0.39 is 28.5 Å². The largest absolute Gasteiger partial charge is 0.354 e. The first-order chi connectivity index (χ1) is 19.5. The number of hydrogen-bond donors (Lipinski definition) is 1. The Balaban J connectivity index is 2.06. The Bertz CT molecular complexity index is 1470. The van der Waals surface area contributed by atoms with E-state index in [1.807, 2.05) is 6.92 Å². The summed E-state index contributed by atoms with van der Waals surface area (Å²) in [6, 6.07) is 15.8. The van der Waals surface area contributed by atoms with Gasteiger partial charge < -0.3 is 10.2 Å². The molecule has 41 heavy (non-hydrogen) atoms. The number of nitrogens with zero attached hydrogens (tertiary/aromatic N) is 2. The van der Waals surface area contributed by atoms with Crippen molar-refractivity contribution in [2.24, 2.45) is 0 Å². The van der Waals surface area contributed by atoms with Crippen molar-refractivity contribution in [2.75, 3.05) is 17.4 Å². The molecule has 0 saturated heterocycles. The topological polar surface area (TPSA) is 86.8 Å². The molecule has 7 nitrogen and oxygen atoms in total. The highest BCUT2D eigenvalue weighted by molar-refractivity contribution is 7.92. The lowest BCUT2D eigenvalue weighted by Gasteiger charge is -2.33. The highest BCUT2D eigenvalue weighted by atomic mass is 35.5. The number of nitrogens with one attached hydrogen (secondary N) is 1. The molecule has 0 heterocycles. The number of unbranched alkanes of at least 4 members (excludes halogenated alkanes) is 1. The quantitative estimate of drug-likeness (QED) is 0.197. The van der Waals surface area contributed by atoms with Crippen LogP contribution in [0, 0.1) is 0 Å². The molecule has 0 bridgehead atoms. The van der Waals surface area contributed by atoms with E-state index in [1.54, 1.807) is 43.3 Å². The van der Waals surface area contributed by atoms with Gasteiger partial charge in [0.2, 0.25) is 11.8 Å². The minimum atomic E-state index is -4.25. The minimum Gasteiger partial charge on any atom is -0.354 e. The van der Waals surface area contributed by atoms with Crippen molar-refractivity contribution >= 4 is 73.9 Å². The molecular formula is C29H31Cl4N3O4S. The fraction of sp³-hybridized carbons (Fsp3) is 0.310. The third-order valence-corrected chi connectivity index (χ3v) is 9.21. The lowest BCUT2D eigenvalue weighted by atomic mass is 10.1. The van der Waals surface area contributed by atoms with Gasteiger partial charge in [0, 0.05) is 33.2 Å². The molecule has 0 radical (unpaired) electrons. The number of benzene rings is 3. The van der Waals surface area contributed by atoms with Crippen LogP contribution >= 0.6 is 46.4 Å². The summed E-state index contributed by atoms with van der Waals surface area (Å²) in [5.41, 5.74) is 0.741. The zero-order chi connectivity index (χ0) is 30.2. The molecule has 3 aromatic rings. The van der Waals surface area contributed by atoms with Gasteiger partial charge in [0.25, 0.3) is 10.0 Å². The molecule has 1 atom stereocenters.